The van der Waals surface area contributed by atoms with Crippen LogP contribution in [-0.2, 0) is 10.2 Å². The minimum absolute atomic E-state index is 0.220. The fourth-order valence-corrected chi connectivity index (χ4v) is 4.22. The van der Waals surface area contributed by atoms with Gasteiger partial charge >= 0.3 is 5.97 Å². The van der Waals surface area contributed by atoms with Crippen LogP contribution < -0.4 is 0 Å². The highest BCUT2D eigenvalue weighted by molar-refractivity contribution is 5.90. The van der Waals surface area contributed by atoms with E-state index >= 15 is 0 Å². The van der Waals surface area contributed by atoms with Gasteiger partial charge in [-0.1, -0.05) is 63.6 Å². The Hall–Kier alpha value is -2.35. The van der Waals surface area contributed by atoms with E-state index in [0.717, 1.165) is 5.56 Å². The summed E-state index contributed by atoms with van der Waals surface area (Å²) in [5.74, 6) is 0.363. The Kier molecular flexibility index (Phi) is 6.07. The third-order valence-corrected chi connectivity index (χ3v) is 6.01. The van der Waals surface area contributed by atoms with Crippen LogP contribution in [0.4, 0.5) is 0 Å². The maximum absolute atomic E-state index is 11.8. The quantitative estimate of drug-likeness (QED) is 0.326. The molecule has 0 aromatic heterocycles. The van der Waals surface area contributed by atoms with E-state index < -0.39 is 0 Å². The Morgan fingerprint density at radius 1 is 1.14 bits per heavy atom. The lowest BCUT2D eigenvalue weighted by Gasteiger charge is -2.27. The first kappa shape index (κ1) is 20.4. The third kappa shape index (κ3) is 4.38. The van der Waals surface area contributed by atoms with Crippen LogP contribution in [0.1, 0.15) is 92.4 Å². The molecule has 0 heterocycles. The molecule has 0 fully saturated rings. The predicted molar refractivity (Wildman–Crippen MR) is 118 cm³/mol. The molecule has 1 unspecified atom stereocenters. The first-order chi connectivity index (χ1) is 13.3. The van der Waals surface area contributed by atoms with Crippen molar-refractivity contribution in [1.29, 1.82) is 0 Å². The average Bonchev–Trinajstić information content (AvgIpc) is 2.78. The summed E-state index contributed by atoms with van der Waals surface area (Å²) in [6, 6.07) is 14.6. The van der Waals surface area contributed by atoms with Crippen molar-refractivity contribution in [2.45, 2.75) is 65.2 Å². The van der Waals surface area contributed by atoms with Crippen LogP contribution in [0.2, 0.25) is 0 Å². The van der Waals surface area contributed by atoms with E-state index in [2.05, 4.69) is 52.0 Å². The molecule has 0 saturated heterocycles. The molecule has 28 heavy (non-hydrogen) atoms. The number of rotatable bonds is 4. The monoisotopic (exact) mass is 376 g/mol. The van der Waals surface area contributed by atoms with Crippen LogP contribution in [-0.4, -0.2) is 12.6 Å². The lowest BCUT2D eigenvalue weighted by atomic mass is 9.78. The Bertz CT molecular complexity index is 872. The van der Waals surface area contributed by atoms with Crippen LogP contribution in [0.15, 0.2) is 42.5 Å². The molecule has 0 bridgehead atoms. The van der Waals surface area contributed by atoms with Crippen molar-refractivity contribution in [1.82, 2.24) is 0 Å². The van der Waals surface area contributed by atoms with Crippen molar-refractivity contribution >= 4 is 17.6 Å². The fourth-order valence-electron chi connectivity index (χ4n) is 4.22. The molecule has 0 spiro atoms. The molecule has 1 aliphatic rings. The summed E-state index contributed by atoms with van der Waals surface area (Å²) >= 11 is 0. The number of allylic oxidation sites excluding steroid dienone is 1. The molecule has 1 atom stereocenters. The summed E-state index contributed by atoms with van der Waals surface area (Å²) in [7, 11) is 0. The molecule has 0 saturated carbocycles. The SMILES string of the molecule is CCOC(=O)c1ccc(C=C(C)c2ccc3c(c2)C(C)(C)CCCC3C)cc1. The number of fused-ring (bicyclic) bond motifs is 1. The van der Waals surface area contributed by atoms with E-state index in [1.54, 1.807) is 0 Å². The van der Waals surface area contributed by atoms with Gasteiger partial charge in [0.15, 0.2) is 0 Å². The van der Waals surface area contributed by atoms with Crippen molar-refractivity contribution in [2.24, 2.45) is 0 Å². The number of carbonyl (C=O) groups is 1. The van der Waals surface area contributed by atoms with Crippen LogP contribution in [0, 0.1) is 0 Å². The number of esters is 1. The summed E-state index contributed by atoms with van der Waals surface area (Å²) < 4.78 is 5.06. The van der Waals surface area contributed by atoms with Crippen molar-refractivity contribution in [3.8, 4) is 0 Å². The predicted octanol–water partition coefficient (Wildman–Crippen LogP) is 6.99. The maximum atomic E-state index is 11.8. The van der Waals surface area contributed by atoms with Gasteiger partial charge in [-0.05, 0) is 78.0 Å². The van der Waals surface area contributed by atoms with Crippen molar-refractivity contribution in [2.75, 3.05) is 6.61 Å². The van der Waals surface area contributed by atoms with Gasteiger partial charge in [0.1, 0.15) is 0 Å². The first-order valence-electron chi connectivity index (χ1n) is 10.4. The van der Waals surface area contributed by atoms with E-state index in [1.165, 1.54) is 41.5 Å². The summed E-state index contributed by atoms with van der Waals surface area (Å²) in [5, 5.41) is 0. The molecule has 3 rings (SSSR count). The van der Waals surface area contributed by atoms with Gasteiger partial charge < -0.3 is 4.74 Å². The van der Waals surface area contributed by atoms with Crippen LogP contribution in [0.3, 0.4) is 0 Å². The normalized spacial score (nSPS) is 18.9. The minimum Gasteiger partial charge on any atom is -0.462 e. The molecule has 0 aliphatic heterocycles. The lowest BCUT2D eigenvalue weighted by molar-refractivity contribution is 0.0526. The van der Waals surface area contributed by atoms with Gasteiger partial charge in [-0.25, -0.2) is 4.79 Å². The zero-order chi connectivity index (χ0) is 20.3. The summed E-state index contributed by atoms with van der Waals surface area (Å²) in [4.78, 5) is 11.8. The topological polar surface area (TPSA) is 26.3 Å². The van der Waals surface area contributed by atoms with Crippen molar-refractivity contribution < 1.29 is 9.53 Å². The third-order valence-electron chi connectivity index (χ3n) is 6.01. The Balaban J connectivity index is 1.89. The molecule has 2 heteroatoms. The second-order valence-electron chi connectivity index (χ2n) is 8.65. The number of benzene rings is 2. The van der Waals surface area contributed by atoms with Gasteiger partial charge in [-0.15, -0.1) is 0 Å². The highest BCUT2D eigenvalue weighted by Gasteiger charge is 2.28. The smallest absolute Gasteiger partial charge is 0.338 e. The van der Waals surface area contributed by atoms with Gasteiger partial charge in [0, 0.05) is 0 Å². The van der Waals surface area contributed by atoms with Crippen molar-refractivity contribution in [3.05, 3.63) is 70.3 Å². The Morgan fingerprint density at radius 2 is 1.82 bits per heavy atom. The van der Waals surface area contributed by atoms with Crippen molar-refractivity contribution in [3.63, 3.8) is 0 Å². The fraction of sp³-hybridized carbons (Fsp3) is 0.423. The van der Waals surface area contributed by atoms with Gasteiger partial charge in [0.25, 0.3) is 0 Å². The molecule has 0 N–H and O–H groups in total. The largest absolute Gasteiger partial charge is 0.462 e. The zero-order valence-corrected chi connectivity index (χ0v) is 17.8. The second-order valence-corrected chi connectivity index (χ2v) is 8.65. The van der Waals surface area contributed by atoms with E-state index in [9.17, 15) is 4.79 Å². The van der Waals surface area contributed by atoms with Gasteiger partial charge in [0.2, 0.25) is 0 Å². The summed E-state index contributed by atoms with van der Waals surface area (Å²) in [5.41, 5.74) is 7.43. The van der Waals surface area contributed by atoms with Crippen LogP contribution >= 0.6 is 0 Å². The van der Waals surface area contributed by atoms with E-state index in [-0.39, 0.29) is 11.4 Å². The number of hydrogen-bond donors (Lipinski definition) is 0. The van der Waals surface area contributed by atoms with E-state index in [1.807, 2.05) is 31.2 Å². The van der Waals surface area contributed by atoms with Crippen LogP contribution in [0.5, 0.6) is 0 Å². The molecular weight excluding hydrogens is 344 g/mol. The maximum Gasteiger partial charge on any atom is 0.338 e. The molecule has 1 aliphatic carbocycles. The molecule has 2 aromatic carbocycles. The molecule has 0 radical (unpaired) electrons. The number of hydrogen-bond acceptors (Lipinski definition) is 2. The summed E-state index contributed by atoms with van der Waals surface area (Å²) in [6.07, 6.45) is 5.99. The molecule has 2 nitrogen and oxygen atoms in total. The number of carbonyl (C=O) groups excluding carboxylic acids is 1. The van der Waals surface area contributed by atoms with E-state index in [4.69, 9.17) is 4.74 Å². The highest BCUT2D eigenvalue weighted by atomic mass is 16.5. The summed E-state index contributed by atoms with van der Waals surface area (Å²) in [6.45, 7) is 11.5. The lowest BCUT2D eigenvalue weighted by Crippen LogP contribution is -2.17. The second kappa shape index (κ2) is 8.34. The molecule has 0 amide bonds. The van der Waals surface area contributed by atoms with Crippen LogP contribution in [0.25, 0.3) is 11.6 Å². The Labute approximate surface area is 169 Å². The average molecular weight is 377 g/mol. The Morgan fingerprint density at radius 3 is 2.50 bits per heavy atom. The molecule has 2 aromatic rings. The molecular formula is C26H32O2. The number of ether oxygens (including phenoxy) is 1. The van der Waals surface area contributed by atoms with E-state index in [0.29, 0.717) is 18.1 Å². The van der Waals surface area contributed by atoms with Gasteiger partial charge in [-0.3, -0.25) is 0 Å². The minimum atomic E-state index is -0.267. The van der Waals surface area contributed by atoms with Gasteiger partial charge in [-0.2, -0.15) is 0 Å². The molecule has 148 valence electrons. The standard InChI is InChI=1S/C26H32O2/c1-6-28-25(27)21-11-9-20(10-12-21)16-19(3)22-13-14-23-18(2)8-7-15-26(4,5)24(23)17-22/h9-14,16-18H,6-8,15H2,1-5H3. The first-order valence-corrected chi connectivity index (χ1v) is 10.4. The highest BCUT2D eigenvalue weighted by Crippen LogP contribution is 2.41. The van der Waals surface area contributed by atoms with Gasteiger partial charge in [0.05, 0.1) is 12.2 Å². The zero-order valence-electron chi connectivity index (χ0n) is 17.8.